The van der Waals surface area contributed by atoms with E-state index in [0.717, 1.165) is 5.56 Å². The third-order valence-electron chi connectivity index (χ3n) is 3.08. The molecule has 0 saturated heterocycles. The summed E-state index contributed by atoms with van der Waals surface area (Å²) >= 11 is 0. The van der Waals surface area contributed by atoms with E-state index < -0.39 is 23.8 Å². The molecule has 3 atom stereocenters. The van der Waals surface area contributed by atoms with Gasteiger partial charge in [0.2, 0.25) is 0 Å². The van der Waals surface area contributed by atoms with Gasteiger partial charge in [-0.1, -0.05) is 44.2 Å². The number of carbonyl (C=O) groups is 2. The van der Waals surface area contributed by atoms with Crippen LogP contribution in [0.1, 0.15) is 25.3 Å². The van der Waals surface area contributed by atoms with E-state index >= 15 is 0 Å². The van der Waals surface area contributed by atoms with Crippen LogP contribution in [0.4, 0.5) is 0 Å². The molecule has 0 aliphatic carbocycles. The molecule has 17 heavy (non-hydrogen) atoms. The van der Waals surface area contributed by atoms with E-state index in [4.69, 9.17) is 10.2 Å². The third-order valence-corrected chi connectivity index (χ3v) is 3.08. The van der Waals surface area contributed by atoms with Crippen molar-refractivity contribution in [3.05, 3.63) is 35.9 Å². The monoisotopic (exact) mass is 236 g/mol. The van der Waals surface area contributed by atoms with Gasteiger partial charge >= 0.3 is 11.9 Å². The first kappa shape index (κ1) is 13.2. The molecule has 0 saturated carbocycles. The van der Waals surface area contributed by atoms with E-state index in [0.29, 0.717) is 0 Å². The lowest BCUT2D eigenvalue weighted by Crippen LogP contribution is -2.31. The van der Waals surface area contributed by atoms with Crippen molar-refractivity contribution in [3.8, 4) is 0 Å². The number of carboxylic acids is 2. The number of benzene rings is 1. The van der Waals surface area contributed by atoms with Gasteiger partial charge in [-0.15, -0.1) is 0 Å². The van der Waals surface area contributed by atoms with Gasteiger partial charge in [0, 0.05) is 0 Å². The fourth-order valence-corrected chi connectivity index (χ4v) is 1.98. The number of carboxylic acid groups (broad SMARTS) is 2. The zero-order valence-electron chi connectivity index (χ0n) is 9.83. The van der Waals surface area contributed by atoms with Crippen LogP contribution in [0.25, 0.3) is 0 Å². The molecule has 0 spiro atoms. The van der Waals surface area contributed by atoms with Crippen LogP contribution in [-0.4, -0.2) is 22.2 Å². The molecule has 2 N–H and O–H groups in total. The normalized spacial score (nSPS) is 15.9. The molecular weight excluding hydrogens is 220 g/mol. The summed E-state index contributed by atoms with van der Waals surface area (Å²) in [6, 6.07) is 9.10. The highest BCUT2D eigenvalue weighted by Gasteiger charge is 2.35. The highest BCUT2D eigenvalue weighted by Crippen LogP contribution is 2.30. The van der Waals surface area contributed by atoms with Gasteiger partial charge in [-0.25, -0.2) is 0 Å². The average Bonchev–Trinajstić information content (AvgIpc) is 2.29. The van der Waals surface area contributed by atoms with Crippen LogP contribution in [-0.2, 0) is 9.59 Å². The first-order chi connectivity index (χ1) is 7.95. The summed E-state index contributed by atoms with van der Waals surface area (Å²) in [4.78, 5) is 22.1. The molecule has 0 aliphatic heterocycles. The molecule has 4 heteroatoms. The van der Waals surface area contributed by atoms with Gasteiger partial charge < -0.3 is 10.2 Å². The van der Waals surface area contributed by atoms with Gasteiger partial charge in [-0.05, 0) is 11.5 Å². The van der Waals surface area contributed by atoms with Crippen molar-refractivity contribution in [2.45, 2.75) is 19.8 Å². The van der Waals surface area contributed by atoms with Crippen LogP contribution in [0.5, 0.6) is 0 Å². The minimum absolute atomic E-state index is 0.334. The second kappa shape index (κ2) is 5.48. The summed E-state index contributed by atoms with van der Waals surface area (Å²) in [6.45, 7) is 3.17. The summed E-state index contributed by atoms with van der Waals surface area (Å²) in [7, 11) is 0. The first-order valence-corrected chi connectivity index (χ1v) is 5.45. The topological polar surface area (TPSA) is 74.6 Å². The molecule has 0 unspecified atom stereocenters. The predicted molar refractivity (Wildman–Crippen MR) is 62.8 cm³/mol. The largest absolute Gasteiger partial charge is 0.481 e. The molecule has 0 fully saturated rings. The van der Waals surface area contributed by atoms with Gasteiger partial charge in [-0.3, -0.25) is 9.59 Å². The summed E-state index contributed by atoms with van der Waals surface area (Å²) in [5, 5.41) is 18.1. The second-order valence-electron chi connectivity index (χ2n) is 4.19. The Bertz CT molecular complexity index is 399. The summed E-state index contributed by atoms with van der Waals surface area (Å²) in [6.07, 6.45) is 0. The van der Waals surface area contributed by atoms with Crippen LogP contribution in [0.2, 0.25) is 0 Å². The van der Waals surface area contributed by atoms with E-state index in [1.165, 1.54) is 6.92 Å². The Labute approximate surface area is 99.9 Å². The molecule has 1 rings (SSSR count). The lowest BCUT2D eigenvalue weighted by Gasteiger charge is -2.23. The van der Waals surface area contributed by atoms with E-state index in [9.17, 15) is 9.59 Å². The Morgan fingerprint density at radius 2 is 1.53 bits per heavy atom. The van der Waals surface area contributed by atoms with Crippen molar-refractivity contribution >= 4 is 11.9 Å². The molecular formula is C13H16O4. The van der Waals surface area contributed by atoms with Crippen LogP contribution in [0, 0.1) is 11.8 Å². The summed E-state index contributed by atoms with van der Waals surface area (Å²) in [5.41, 5.74) is 0.841. The van der Waals surface area contributed by atoms with Crippen molar-refractivity contribution in [1.29, 1.82) is 0 Å². The molecule has 0 heterocycles. The first-order valence-electron chi connectivity index (χ1n) is 5.45. The SMILES string of the molecule is C[C@H](C(=O)O)[C@H](C(=O)O)[C@@H](C)c1ccccc1. The van der Waals surface area contributed by atoms with Crippen LogP contribution in [0.3, 0.4) is 0 Å². The van der Waals surface area contributed by atoms with Crippen molar-refractivity contribution < 1.29 is 19.8 Å². The summed E-state index contributed by atoms with van der Waals surface area (Å²) < 4.78 is 0. The van der Waals surface area contributed by atoms with E-state index in [1.54, 1.807) is 6.92 Å². The molecule has 1 aromatic carbocycles. The van der Waals surface area contributed by atoms with Gasteiger partial charge in [0.1, 0.15) is 0 Å². The van der Waals surface area contributed by atoms with E-state index in [1.807, 2.05) is 30.3 Å². The Morgan fingerprint density at radius 3 is 1.94 bits per heavy atom. The molecule has 0 bridgehead atoms. The van der Waals surface area contributed by atoms with E-state index in [2.05, 4.69) is 0 Å². The smallest absolute Gasteiger partial charge is 0.307 e. The molecule has 4 nitrogen and oxygen atoms in total. The molecule has 92 valence electrons. The Kier molecular flexibility index (Phi) is 4.26. The lowest BCUT2D eigenvalue weighted by molar-refractivity contribution is -0.153. The molecule has 0 aromatic heterocycles. The average molecular weight is 236 g/mol. The number of aliphatic carboxylic acids is 2. The Hall–Kier alpha value is -1.84. The minimum Gasteiger partial charge on any atom is -0.481 e. The van der Waals surface area contributed by atoms with Crippen molar-refractivity contribution in [2.75, 3.05) is 0 Å². The van der Waals surface area contributed by atoms with Gasteiger partial charge in [0.05, 0.1) is 11.8 Å². The van der Waals surface area contributed by atoms with Crippen LogP contribution < -0.4 is 0 Å². The van der Waals surface area contributed by atoms with E-state index in [-0.39, 0.29) is 5.92 Å². The summed E-state index contributed by atoms with van der Waals surface area (Å²) in [5.74, 6) is -4.33. The maximum Gasteiger partial charge on any atom is 0.307 e. The number of hydrogen-bond donors (Lipinski definition) is 2. The maximum atomic E-state index is 11.2. The highest BCUT2D eigenvalue weighted by molar-refractivity contribution is 5.80. The molecule has 1 aromatic rings. The van der Waals surface area contributed by atoms with Gasteiger partial charge in [0.15, 0.2) is 0 Å². The van der Waals surface area contributed by atoms with Crippen molar-refractivity contribution in [1.82, 2.24) is 0 Å². The lowest BCUT2D eigenvalue weighted by atomic mass is 9.80. The fraction of sp³-hybridized carbons (Fsp3) is 0.385. The molecule has 0 radical (unpaired) electrons. The van der Waals surface area contributed by atoms with Crippen molar-refractivity contribution in [2.24, 2.45) is 11.8 Å². The quantitative estimate of drug-likeness (QED) is 0.822. The number of hydrogen-bond acceptors (Lipinski definition) is 2. The van der Waals surface area contributed by atoms with Crippen molar-refractivity contribution in [3.63, 3.8) is 0 Å². The Balaban J connectivity index is 3.00. The highest BCUT2D eigenvalue weighted by atomic mass is 16.4. The molecule has 0 aliphatic rings. The van der Waals surface area contributed by atoms with Crippen LogP contribution in [0.15, 0.2) is 30.3 Å². The third kappa shape index (κ3) is 3.06. The van der Waals surface area contributed by atoms with Gasteiger partial charge in [-0.2, -0.15) is 0 Å². The number of rotatable bonds is 5. The van der Waals surface area contributed by atoms with Crippen LogP contribution >= 0.6 is 0 Å². The Morgan fingerprint density at radius 1 is 1.00 bits per heavy atom. The maximum absolute atomic E-state index is 11.2. The fourth-order valence-electron chi connectivity index (χ4n) is 1.98. The second-order valence-corrected chi connectivity index (χ2v) is 4.19. The molecule has 0 amide bonds. The zero-order chi connectivity index (χ0) is 13.0. The van der Waals surface area contributed by atoms with Gasteiger partial charge in [0.25, 0.3) is 0 Å². The standard InChI is InChI=1S/C13H16O4/c1-8(10-6-4-3-5-7-10)11(13(16)17)9(2)12(14)15/h3-9,11H,1-2H3,(H,14,15)(H,16,17)/t8-,9-,11+/m0/s1. The predicted octanol–water partition coefficient (Wildman–Crippen LogP) is 2.21. The zero-order valence-corrected chi connectivity index (χ0v) is 9.83. The minimum atomic E-state index is -1.08.